The summed E-state index contributed by atoms with van der Waals surface area (Å²) in [6.45, 7) is 4.64. The number of halogens is 24. The highest BCUT2D eigenvalue weighted by Crippen LogP contribution is 2.41. The molecule has 0 bridgehead atoms. The lowest BCUT2D eigenvalue weighted by Gasteiger charge is -2.46. The molecule has 1 heterocycles. The van der Waals surface area contributed by atoms with Gasteiger partial charge < -0.3 is 0 Å². The normalized spacial score (nSPS) is 13.4. The standard InChI is InChI=1S/C32H12BF24.C14H15N2/c34-25(35,36)13-1-14(26(37,38)39)6-21(5-13)33(22-7-15(27(40,41)42)2-16(8-22)28(43,44)45,23-9-17(29(46,47)48)3-18(10-23)30(49,50)51)24-11-19(31(52,53)54)4-20(12-24)32(55,56)57;1-2-6-14-11-15-9-10-16(14)12-13-7-4-3-5-8-13/h1-12H;2-5,7-11H,1,6,12H2/q-1;+1. The number of hydrogen-bond acceptors (Lipinski definition) is 1. The predicted molar refractivity (Wildman–Crippen MR) is 214 cm³/mol. The fourth-order valence-electron chi connectivity index (χ4n) is 7.74. The lowest BCUT2D eigenvalue weighted by atomic mass is 9.12. The van der Waals surface area contributed by atoms with Gasteiger partial charge in [0.05, 0.1) is 63.3 Å². The van der Waals surface area contributed by atoms with Gasteiger partial charge in [0.2, 0.25) is 5.69 Å². The maximum atomic E-state index is 14.2. The molecule has 0 atom stereocenters. The molecule has 5 aromatic carbocycles. The van der Waals surface area contributed by atoms with Crippen molar-refractivity contribution in [1.29, 1.82) is 0 Å². The third kappa shape index (κ3) is 13.5. The molecule has 0 fully saturated rings. The van der Waals surface area contributed by atoms with Crippen molar-refractivity contribution in [3.8, 4) is 0 Å². The highest BCUT2D eigenvalue weighted by Gasteiger charge is 2.47. The van der Waals surface area contributed by atoms with Crippen molar-refractivity contribution in [2.45, 2.75) is 62.4 Å². The Bertz CT molecular complexity index is 2480. The van der Waals surface area contributed by atoms with Crippen molar-refractivity contribution in [2.75, 3.05) is 0 Å². The Morgan fingerprint density at radius 3 is 0.890 bits per heavy atom. The number of benzene rings is 5. The number of allylic oxidation sites excluding steroid dienone is 1. The Morgan fingerprint density at radius 2 is 0.658 bits per heavy atom. The van der Waals surface area contributed by atoms with E-state index in [4.69, 9.17) is 0 Å². The van der Waals surface area contributed by atoms with Gasteiger partial charge in [0, 0.05) is 5.56 Å². The zero-order valence-electron chi connectivity index (χ0n) is 35.8. The van der Waals surface area contributed by atoms with Crippen LogP contribution in [0.3, 0.4) is 0 Å². The van der Waals surface area contributed by atoms with E-state index in [-0.39, 0.29) is 0 Å². The first-order valence-corrected chi connectivity index (χ1v) is 20.0. The summed E-state index contributed by atoms with van der Waals surface area (Å²) in [4.78, 5) is 4.14. The van der Waals surface area contributed by atoms with Crippen molar-refractivity contribution >= 4 is 28.0 Å². The van der Waals surface area contributed by atoms with Gasteiger partial charge in [0.25, 0.3) is 0 Å². The maximum absolute atomic E-state index is 14.2. The average Bonchev–Trinajstić information content (AvgIpc) is 3.25. The summed E-state index contributed by atoms with van der Waals surface area (Å²) in [5.74, 6) is 0. The smallest absolute Gasteiger partial charge is 0.252 e. The van der Waals surface area contributed by atoms with Gasteiger partial charge in [-0.2, -0.15) is 132 Å². The van der Waals surface area contributed by atoms with Gasteiger partial charge in [0.15, 0.2) is 12.7 Å². The van der Waals surface area contributed by atoms with Crippen molar-refractivity contribution in [2.24, 2.45) is 0 Å². The predicted octanol–water partition coefficient (Wildman–Crippen LogP) is 13.4. The Hall–Kier alpha value is -6.70. The van der Waals surface area contributed by atoms with Crippen LogP contribution in [-0.4, -0.2) is 11.1 Å². The summed E-state index contributed by atoms with van der Waals surface area (Å²) in [5, 5.41) is 0. The van der Waals surface area contributed by atoms with Gasteiger partial charge >= 0.3 is 49.4 Å². The van der Waals surface area contributed by atoms with Crippen LogP contribution in [0.1, 0.15) is 55.8 Å². The second-order valence-electron chi connectivity index (χ2n) is 15.9. The van der Waals surface area contributed by atoms with Crippen molar-refractivity contribution in [3.05, 3.63) is 190 Å². The van der Waals surface area contributed by atoms with Gasteiger partial charge in [-0.1, -0.05) is 84.9 Å². The first kappa shape index (κ1) is 57.2. The molecule has 73 heavy (non-hydrogen) atoms. The van der Waals surface area contributed by atoms with E-state index in [0.29, 0.717) is 0 Å². The van der Waals surface area contributed by atoms with Crippen molar-refractivity contribution in [3.63, 3.8) is 0 Å². The topological polar surface area (TPSA) is 16.8 Å². The molecule has 2 nitrogen and oxygen atoms in total. The van der Waals surface area contributed by atoms with Gasteiger partial charge in [-0.15, -0.1) is 6.58 Å². The van der Waals surface area contributed by atoms with Crippen LogP contribution in [-0.2, 0) is 62.4 Å². The Labute approximate surface area is 395 Å². The monoisotopic (exact) mass is 1070 g/mol. The summed E-state index contributed by atoms with van der Waals surface area (Å²) >= 11 is 0. The summed E-state index contributed by atoms with van der Waals surface area (Å²) in [5.41, 5.74) is -27.7. The molecule has 0 aliphatic rings. The molecule has 0 saturated heterocycles. The minimum Gasteiger partial charge on any atom is -0.252 e. The molecule has 0 radical (unpaired) electrons. The van der Waals surface area contributed by atoms with Crippen LogP contribution in [0.15, 0.2) is 134 Å². The summed E-state index contributed by atoms with van der Waals surface area (Å²) in [6.07, 6.45) is -46.3. The van der Waals surface area contributed by atoms with Crippen LogP contribution >= 0.6 is 0 Å². The molecule has 1 aromatic heterocycles. The maximum Gasteiger partial charge on any atom is 0.416 e. The third-order valence-electron chi connectivity index (χ3n) is 10.9. The second kappa shape index (κ2) is 20.0. The molecule has 392 valence electrons. The Morgan fingerprint density at radius 1 is 0.397 bits per heavy atom. The van der Waals surface area contributed by atoms with Gasteiger partial charge in [-0.25, -0.2) is 0 Å². The van der Waals surface area contributed by atoms with E-state index < -0.39 is 195 Å². The van der Waals surface area contributed by atoms with E-state index in [1.54, 1.807) is 0 Å². The molecular weight excluding hydrogens is 1050 g/mol. The molecule has 0 aliphatic heterocycles. The molecule has 0 saturated carbocycles. The van der Waals surface area contributed by atoms with E-state index >= 15 is 0 Å². The minimum atomic E-state index is -6.13. The fourth-order valence-corrected chi connectivity index (χ4v) is 7.74. The van der Waals surface area contributed by atoms with Gasteiger partial charge in [-0.05, 0) is 24.3 Å². The summed E-state index contributed by atoms with van der Waals surface area (Å²) < 4.78 is 343. The van der Waals surface area contributed by atoms with Gasteiger partial charge in [-0.3, -0.25) is 4.98 Å². The largest absolute Gasteiger partial charge is 0.416 e. The molecule has 6 rings (SSSR count). The number of rotatable bonds is 8. The summed E-state index contributed by atoms with van der Waals surface area (Å²) in [6, 6.07) is 1.60. The van der Waals surface area contributed by atoms with E-state index in [1.165, 1.54) is 11.3 Å². The molecule has 0 amide bonds. The first-order valence-electron chi connectivity index (χ1n) is 20.0. The van der Waals surface area contributed by atoms with Crippen LogP contribution in [0.2, 0.25) is 0 Å². The highest BCUT2D eigenvalue weighted by atomic mass is 19.4. The average molecular weight is 1070 g/mol. The number of alkyl halides is 24. The van der Waals surface area contributed by atoms with E-state index in [1.807, 2.05) is 30.7 Å². The molecular formula is C46H27BF24N2. The molecule has 0 unspecified atom stereocenters. The third-order valence-corrected chi connectivity index (χ3v) is 10.9. The second-order valence-corrected chi connectivity index (χ2v) is 15.9. The van der Waals surface area contributed by atoms with E-state index in [9.17, 15) is 105 Å². The molecule has 0 aliphatic carbocycles. The number of nitrogens with zero attached hydrogens (tertiary/aromatic N) is 2. The molecule has 6 aromatic rings. The molecule has 27 heteroatoms. The lowest BCUT2D eigenvalue weighted by molar-refractivity contribution is -0.695. The number of hydrogen-bond donors (Lipinski definition) is 0. The first-order chi connectivity index (χ1) is 33.2. The van der Waals surface area contributed by atoms with Crippen molar-refractivity contribution in [1.82, 2.24) is 4.98 Å². The zero-order chi connectivity index (χ0) is 55.1. The van der Waals surface area contributed by atoms with Crippen LogP contribution < -0.4 is 26.4 Å². The molecule has 0 spiro atoms. The van der Waals surface area contributed by atoms with Gasteiger partial charge in [0.1, 0.15) is 6.15 Å². The zero-order valence-corrected chi connectivity index (χ0v) is 35.8. The van der Waals surface area contributed by atoms with Crippen molar-refractivity contribution < 1.29 is 110 Å². The minimum absolute atomic E-state index is 0.691. The SMILES string of the molecule is C=CCc1cncc[n+]1Cc1ccccc1.FC(F)(F)c1cc([B-](c2cc(C(F)(F)F)cc(C(F)(F)F)c2)(c2cc(C(F)(F)F)cc(C(F)(F)F)c2)c2cc(C(F)(F)F)cc(C(F)(F)F)c2)cc(C(F)(F)F)c1. The highest BCUT2D eigenvalue weighted by molar-refractivity contribution is 7.20. The Kier molecular flexibility index (Phi) is 15.6. The van der Waals surface area contributed by atoms with Crippen LogP contribution in [0.5, 0.6) is 0 Å². The Balaban J connectivity index is 0.000000520. The molecule has 0 N–H and O–H groups in total. The van der Waals surface area contributed by atoms with Crippen LogP contribution in [0.25, 0.3) is 0 Å². The van der Waals surface area contributed by atoms with E-state index in [2.05, 4.69) is 40.4 Å². The van der Waals surface area contributed by atoms with Crippen LogP contribution in [0, 0.1) is 0 Å². The number of aromatic nitrogens is 2. The quantitative estimate of drug-likeness (QED) is 0.0642. The lowest BCUT2D eigenvalue weighted by Crippen LogP contribution is -2.75. The van der Waals surface area contributed by atoms with E-state index in [0.717, 1.165) is 13.0 Å². The fraction of sp³-hybridized carbons (Fsp3) is 0.217. The van der Waals surface area contributed by atoms with Crippen LogP contribution in [0.4, 0.5) is 105 Å². The summed E-state index contributed by atoms with van der Waals surface area (Å²) in [7, 11) is 0.